The number of halogens is 2. The number of nitrogens with zero attached hydrogens (tertiary/aromatic N) is 1. The Kier molecular flexibility index (Phi) is 11.4. The lowest BCUT2D eigenvalue weighted by Gasteiger charge is -2.16. The highest BCUT2D eigenvalue weighted by Crippen LogP contribution is 2.03. The zero-order valence-corrected chi connectivity index (χ0v) is 16.2. The minimum atomic E-state index is -0.298. The number of carbonyl (C=O) groups is 1. The smallest absolute Gasteiger partial charge is 0.224 e. The highest BCUT2D eigenvalue weighted by Gasteiger charge is 2.04. The van der Waals surface area contributed by atoms with Gasteiger partial charge in [0.2, 0.25) is 5.91 Å². The van der Waals surface area contributed by atoms with Crippen molar-refractivity contribution in [2.75, 3.05) is 20.1 Å². The summed E-state index contributed by atoms with van der Waals surface area (Å²) in [4.78, 5) is 15.9. The number of guanidine groups is 1. The molecule has 0 aliphatic rings. The fraction of sp³-hybridized carbons (Fsp3) is 0.500. The van der Waals surface area contributed by atoms with Gasteiger partial charge in [0.25, 0.3) is 0 Å². The van der Waals surface area contributed by atoms with Crippen molar-refractivity contribution in [2.45, 2.75) is 32.7 Å². The monoisotopic (exact) mass is 436 g/mol. The van der Waals surface area contributed by atoms with Gasteiger partial charge >= 0.3 is 0 Å². The number of nitrogens with one attached hydrogen (secondary N) is 3. The predicted octanol–water partition coefficient (Wildman–Crippen LogP) is 2.07. The van der Waals surface area contributed by atoms with Crippen molar-refractivity contribution < 1.29 is 9.18 Å². The number of hydrogen-bond acceptors (Lipinski definition) is 2. The number of aliphatic imine (C=N–C) groups is 1. The van der Waals surface area contributed by atoms with Crippen molar-refractivity contribution >= 4 is 35.8 Å². The van der Waals surface area contributed by atoms with Gasteiger partial charge in [0, 0.05) is 26.2 Å². The van der Waals surface area contributed by atoms with E-state index in [1.165, 1.54) is 12.1 Å². The van der Waals surface area contributed by atoms with Crippen LogP contribution in [0.4, 0.5) is 4.39 Å². The first-order chi connectivity index (χ1) is 10.5. The molecule has 0 aliphatic heterocycles. The molecule has 23 heavy (non-hydrogen) atoms. The number of hydrogen-bond donors (Lipinski definition) is 3. The maximum Gasteiger partial charge on any atom is 0.224 e. The molecule has 0 aromatic heterocycles. The molecule has 1 amide bonds. The molecule has 5 nitrogen and oxygen atoms in total. The maximum atomic E-state index is 12.8. The molecule has 1 unspecified atom stereocenters. The van der Waals surface area contributed by atoms with Crippen molar-refractivity contribution in [2.24, 2.45) is 4.99 Å². The molecule has 1 aromatic carbocycles. The molecule has 1 aromatic rings. The van der Waals surface area contributed by atoms with Gasteiger partial charge in [-0.2, -0.15) is 0 Å². The van der Waals surface area contributed by atoms with Crippen molar-refractivity contribution in [1.82, 2.24) is 16.0 Å². The van der Waals surface area contributed by atoms with Gasteiger partial charge in [-0.1, -0.05) is 19.1 Å². The van der Waals surface area contributed by atoms with E-state index in [0.29, 0.717) is 19.1 Å². The molecule has 0 heterocycles. The first-order valence-corrected chi connectivity index (χ1v) is 7.53. The molecule has 0 saturated heterocycles. The summed E-state index contributed by atoms with van der Waals surface area (Å²) in [5.74, 6) is 0.342. The van der Waals surface area contributed by atoms with Gasteiger partial charge in [-0.05, 0) is 31.0 Å². The highest BCUT2D eigenvalue weighted by molar-refractivity contribution is 14.0. The molecule has 0 saturated carbocycles. The molecule has 130 valence electrons. The molecule has 0 aliphatic carbocycles. The average Bonchev–Trinajstić information content (AvgIpc) is 2.52. The van der Waals surface area contributed by atoms with Crippen LogP contribution in [0.5, 0.6) is 0 Å². The maximum absolute atomic E-state index is 12.8. The van der Waals surface area contributed by atoms with Gasteiger partial charge in [0.05, 0.1) is 6.42 Å². The third kappa shape index (κ3) is 9.37. The largest absolute Gasteiger partial charge is 0.355 e. The lowest BCUT2D eigenvalue weighted by atomic mass is 10.1. The summed E-state index contributed by atoms with van der Waals surface area (Å²) in [5, 5.41) is 9.19. The van der Waals surface area contributed by atoms with Crippen molar-refractivity contribution in [3.05, 3.63) is 35.6 Å². The Morgan fingerprint density at radius 1 is 1.22 bits per heavy atom. The first kappa shape index (κ1) is 21.6. The average molecular weight is 436 g/mol. The predicted molar refractivity (Wildman–Crippen MR) is 103 cm³/mol. The van der Waals surface area contributed by atoms with Crippen molar-refractivity contribution in [1.29, 1.82) is 0 Å². The zero-order valence-electron chi connectivity index (χ0n) is 13.9. The van der Waals surface area contributed by atoms with E-state index in [2.05, 4.69) is 34.8 Å². The number of carbonyl (C=O) groups excluding carboxylic acids is 1. The van der Waals surface area contributed by atoms with Gasteiger partial charge in [-0.25, -0.2) is 4.39 Å². The second-order valence-electron chi connectivity index (χ2n) is 5.11. The molecule has 1 atom stereocenters. The summed E-state index contributed by atoms with van der Waals surface area (Å²) in [5.41, 5.74) is 0.793. The van der Waals surface area contributed by atoms with E-state index in [1.807, 2.05) is 0 Å². The lowest BCUT2D eigenvalue weighted by molar-refractivity contribution is -0.120. The third-order valence-corrected chi connectivity index (χ3v) is 3.24. The quantitative estimate of drug-likeness (QED) is 0.266. The van der Waals surface area contributed by atoms with Crippen LogP contribution < -0.4 is 16.0 Å². The Balaban J connectivity index is 0.00000484. The van der Waals surface area contributed by atoms with E-state index in [1.54, 1.807) is 19.2 Å². The molecule has 7 heteroatoms. The zero-order chi connectivity index (χ0) is 16.4. The van der Waals surface area contributed by atoms with Gasteiger partial charge in [0.1, 0.15) is 5.82 Å². The van der Waals surface area contributed by atoms with Crippen LogP contribution in [0.3, 0.4) is 0 Å². The van der Waals surface area contributed by atoms with Crippen LogP contribution in [-0.4, -0.2) is 38.0 Å². The Morgan fingerprint density at radius 2 is 1.83 bits per heavy atom. The van der Waals surface area contributed by atoms with Crippen LogP contribution in [0, 0.1) is 5.82 Å². The van der Waals surface area contributed by atoms with E-state index in [-0.39, 0.29) is 42.1 Å². The van der Waals surface area contributed by atoms with Gasteiger partial charge in [-0.3, -0.25) is 9.79 Å². The molecule has 0 fully saturated rings. The minimum absolute atomic E-state index is 0. The van der Waals surface area contributed by atoms with Crippen LogP contribution in [0.2, 0.25) is 0 Å². The molecule has 0 bridgehead atoms. The molecule has 3 N–H and O–H groups in total. The number of benzene rings is 1. The summed E-state index contributed by atoms with van der Waals surface area (Å²) in [6, 6.07) is 6.29. The van der Waals surface area contributed by atoms with Gasteiger partial charge in [0.15, 0.2) is 5.96 Å². The minimum Gasteiger partial charge on any atom is -0.355 e. The summed E-state index contributed by atoms with van der Waals surface area (Å²) < 4.78 is 12.8. The Bertz CT molecular complexity index is 493. The van der Waals surface area contributed by atoms with Crippen LogP contribution in [0.15, 0.2) is 29.3 Å². The van der Waals surface area contributed by atoms with Gasteiger partial charge < -0.3 is 16.0 Å². The second kappa shape index (κ2) is 12.1. The second-order valence-corrected chi connectivity index (χ2v) is 5.11. The Hall–Kier alpha value is -1.38. The Labute approximate surface area is 154 Å². The molecule has 1 rings (SSSR count). The third-order valence-electron chi connectivity index (χ3n) is 3.24. The van der Waals surface area contributed by atoms with Crippen molar-refractivity contribution in [3.63, 3.8) is 0 Å². The number of rotatable bonds is 7. The van der Waals surface area contributed by atoms with Gasteiger partial charge in [-0.15, -0.1) is 24.0 Å². The first-order valence-electron chi connectivity index (χ1n) is 7.53. The molecular formula is C16H26FIN4O. The fourth-order valence-electron chi connectivity index (χ4n) is 1.76. The van der Waals surface area contributed by atoms with Crippen molar-refractivity contribution in [3.8, 4) is 0 Å². The van der Waals surface area contributed by atoms with E-state index in [9.17, 15) is 9.18 Å². The van der Waals surface area contributed by atoms with E-state index >= 15 is 0 Å². The fourth-order valence-corrected chi connectivity index (χ4v) is 1.76. The van der Waals surface area contributed by atoms with Crippen LogP contribution in [0.1, 0.15) is 25.8 Å². The highest BCUT2D eigenvalue weighted by atomic mass is 127. The lowest BCUT2D eigenvalue weighted by Crippen LogP contribution is -2.44. The van der Waals surface area contributed by atoms with E-state index < -0.39 is 0 Å². The summed E-state index contributed by atoms with van der Waals surface area (Å²) in [6.45, 7) is 5.27. The van der Waals surface area contributed by atoms with Crippen LogP contribution in [-0.2, 0) is 11.2 Å². The van der Waals surface area contributed by atoms with E-state index in [0.717, 1.165) is 17.9 Å². The van der Waals surface area contributed by atoms with Crippen LogP contribution >= 0.6 is 24.0 Å². The Morgan fingerprint density at radius 3 is 2.39 bits per heavy atom. The summed E-state index contributed by atoms with van der Waals surface area (Å²) in [7, 11) is 1.71. The molecular weight excluding hydrogens is 410 g/mol. The normalized spacial score (nSPS) is 12.1. The topological polar surface area (TPSA) is 65.5 Å². The molecule has 0 radical (unpaired) electrons. The standard InChI is InChI=1S/C16H25FN4O.HI/c1-4-12(2)21-16(18-3)20-10-9-19-15(22)11-13-5-7-14(17)8-6-13;/h5-8,12H,4,9-11H2,1-3H3,(H,19,22)(H2,18,20,21);1H. The summed E-state index contributed by atoms with van der Waals surface area (Å²) >= 11 is 0. The van der Waals surface area contributed by atoms with Crippen LogP contribution in [0.25, 0.3) is 0 Å². The SMILES string of the molecule is CCC(C)NC(=NC)NCCNC(=O)Cc1ccc(F)cc1.I. The number of amides is 1. The summed E-state index contributed by atoms with van der Waals surface area (Å²) in [6.07, 6.45) is 1.26. The molecule has 0 spiro atoms. The van der Waals surface area contributed by atoms with E-state index in [4.69, 9.17) is 0 Å².